The third kappa shape index (κ3) is 2.55. The van der Waals surface area contributed by atoms with Gasteiger partial charge in [-0.1, -0.05) is 20.8 Å². The molecule has 0 spiro atoms. The molecule has 2 N–H and O–H groups in total. The standard InChI is InChI=1S/C17H25N3S/c1-5-14(16-19-6-7-21-16)20-11(2)8-12-13(18)9-17(3,4)10-15(12)20/h6-8,13-14H,5,9-10,18H2,1-4H3. The molecular formula is C17H25N3S. The summed E-state index contributed by atoms with van der Waals surface area (Å²) in [5, 5.41) is 3.27. The Hall–Kier alpha value is -1.13. The highest BCUT2D eigenvalue weighted by molar-refractivity contribution is 7.09. The minimum absolute atomic E-state index is 0.164. The van der Waals surface area contributed by atoms with Crippen LogP contribution in [0.1, 0.15) is 67.7 Å². The third-order valence-corrected chi connectivity index (χ3v) is 5.50. The van der Waals surface area contributed by atoms with Crippen molar-refractivity contribution < 1.29 is 0 Å². The van der Waals surface area contributed by atoms with E-state index in [1.54, 1.807) is 11.3 Å². The molecule has 2 aromatic rings. The van der Waals surface area contributed by atoms with Crippen molar-refractivity contribution in [2.75, 3.05) is 0 Å². The normalized spacial score (nSPS) is 22.0. The number of rotatable bonds is 3. The molecule has 1 aliphatic carbocycles. The maximum Gasteiger partial charge on any atom is 0.115 e. The molecule has 3 rings (SSSR count). The first-order chi connectivity index (χ1) is 9.93. The van der Waals surface area contributed by atoms with Crippen molar-refractivity contribution >= 4 is 11.3 Å². The van der Waals surface area contributed by atoms with Gasteiger partial charge >= 0.3 is 0 Å². The second-order valence-corrected chi connectivity index (χ2v) is 7.93. The molecule has 0 fully saturated rings. The molecule has 4 heteroatoms. The van der Waals surface area contributed by atoms with E-state index < -0.39 is 0 Å². The van der Waals surface area contributed by atoms with Gasteiger partial charge in [0.15, 0.2) is 0 Å². The first-order valence-corrected chi connectivity index (χ1v) is 8.66. The molecule has 0 aliphatic heterocycles. The van der Waals surface area contributed by atoms with Gasteiger partial charge in [-0.3, -0.25) is 0 Å². The molecule has 0 aromatic carbocycles. The lowest BCUT2D eigenvalue weighted by Crippen LogP contribution is -2.31. The van der Waals surface area contributed by atoms with E-state index in [1.807, 2.05) is 6.20 Å². The summed E-state index contributed by atoms with van der Waals surface area (Å²) in [6, 6.07) is 2.80. The van der Waals surface area contributed by atoms with Crippen LogP contribution in [0.5, 0.6) is 0 Å². The summed E-state index contributed by atoms with van der Waals surface area (Å²) >= 11 is 1.75. The summed E-state index contributed by atoms with van der Waals surface area (Å²) in [5.41, 5.74) is 10.8. The Morgan fingerprint density at radius 2 is 2.29 bits per heavy atom. The summed E-state index contributed by atoms with van der Waals surface area (Å²) in [7, 11) is 0. The second kappa shape index (κ2) is 5.25. The monoisotopic (exact) mass is 303 g/mol. The maximum absolute atomic E-state index is 6.44. The minimum Gasteiger partial charge on any atom is -0.339 e. The van der Waals surface area contributed by atoms with Crippen LogP contribution < -0.4 is 5.73 Å². The average Bonchev–Trinajstić information content (AvgIpc) is 3.00. The topological polar surface area (TPSA) is 43.8 Å². The van der Waals surface area contributed by atoms with Crippen LogP contribution in [0.15, 0.2) is 17.6 Å². The van der Waals surface area contributed by atoms with Gasteiger partial charge in [-0.05, 0) is 43.2 Å². The van der Waals surface area contributed by atoms with E-state index in [0.717, 1.165) is 19.3 Å². The second-order valence-electron chi connectivity index (χ2n) is 7.00. The first-order valence-electron chi connectivity index (χ1n) is 7.78. The number of aryl methyl sites for hydroxylation is 1. The van der Waals surface area contributed by atoms with Crippen LogP contribution in [0.25, 0.3) is 0 Å². The summed E-state index contributed by atoms with van der Waals surface area (Å²) < 4.78 is 2.49. The zero-order chi connectivity index (χ0) is 15.2. The first kappa shape index (κ1) is 14.8. The Balaban J connectivity index is 2.12. The Morgan fingerprint density at radius 3 is 2.90 bits per heavy atom. The fraction of sp³-hybridized carbons (Fsp3) is 0.588. The predicted octanol–water partition coefficient (Wildman–Crippen LogP) is 4.22. The lowest BCUT2D eigenvalue weighted by Gasteiger charge is -2.35. The number of thiazole rings is 1. The molecule has 2 heterocycles. The van der Waals surface area contributed by atoms with Gasteiger partial charge in [0.25, 0.3) is 0 Å². The van der Waals surface area contributed by atoms with E-state index >= 15 is 0 Å². The summed E-state index contributed by atoms with van der Waals surface area (Å²) in [5.74, 6) is 0. The molecule has 114 valence electrons. The van der Waals surface area contributed by atoms with E-state index in [9.17, 15) is 0 Å². The predicted molar refractivity (Wildman–Crippen MR) is 88.7 cm³/mol. The van der Waals surface area contributed by atoms with Crippen molar-refractivity contribution in [3.63, 3.8) is 0 Å². The number of hydrogen-bond donors (Lipinski definition) is 1. The van der Waals surface area contributed by atoms with Gasteiger partial charge in [0.2, 0.25) is 0 Å². The molecule has 2 unspecified atom stereocenters. The molecule has 0 saturated heterocycles. The smallest absolute Gasteiger partial charge is 0.115 e. The molecule has 0 amide bonds. The Labute approximate surface area is 131 Å². The quantitative estimate of drug-likeness (QED) is 0.922. The van der Waals surface area contributed by atoms with Crippen molar-refractivity contribution in [1.29, 1.82) is 0 Å². The highest BCUT2D eigenvalue weighted by Crippen LogP contribution is 2.43. The number of nitrogens with zero attached hydrogens (tertiary/aromatic N) is 2. The van der Waals surface area contributed by atoms with E-state index in [2.05, 4.69) is 48.7 Å². The molecule has 2 aromatic heterocycles. The van der Waals surface area contributed by atoms with Gasteiger partial charge in [-0.15, -0.1) is 11.3 Å². The molecular weight excluding hydrogens is 278 g/mol. The fourth-order valence-electron chi connectivity index (χ4n) is 3.77. The minimum atomic E-state index is 0.164. The number of hydrogen-bond acceptors (Lipinski definition) is 3. The van der Waals surface area contributed by atoms with Crippen LogP contribution in [0.2, 0.25) is 0 Å². The van der Waals surface area contributed by atoms with Crippen LogP contribution >= 0.6 is 11.3 Å². The van der Waals surface area contributed by atoms with Gasteiger partial charge in [0.05, 0.1) is 6.04 Å². The van der Waals surface area contributed by atoms with Crippen LogP contribution in [0.4, 0.5) is 0 Å². The van der Waals surface area contributed by atoms with Crippen molar-refractivity contribution in [2.45, 2.75) is 59.0 Å². The van der Waals surface area contributed by atoms with Gasteiger partial charge < -0.3 is 10.3 Å². The van der Waals surface area contributed by atoms with Crippen LogP contribution in [-0.2, 0) is 6.42 Å². The molecule has 1 aliphatic rings. The van der Waals surface area contributed by atoms with Crippen molar-refractivity contribution in [3.8, 4) is 0 Å². The highest BCUT2D eigenvalue weighted by Gasteiger charge is 2.34. The summed E-state index contributed by atoms with van der Waals surface area (Å²) in [6.07, 6.45) is 5.14. The average molecular weight is 303 g/mol. The molecule has 2 atom stereocenters. The van der Waals surface area contributed by atoms with E-state index in [0.29, 0.717) is 6.04 Å². The lowest BCUT2D eigenvalue weighted by molar-refractivity contribution is 0.272. The fourth-order valence-corrected chi connectivity index (χ4v) is 4.58. The Bertz CT molecular complexity index is 625. The van der Waals surface area contributed by atoms with Crippen LogP contribution in [0, 0.1) is 12.3 Å². The molecule has 0 saturated carbocycles. The molecule has 0 radical (unpaired) electrons. The third-order valence-electron chi connectivity index (χ3n) is 4.62. The molecule has 0 bridgehead atoms. The molecule has 21 heavy (non-hydrogen) atoms. The zero-order valence-electron chi connectivity index (χ0n) is 13.4. The lowest BCUT2D eigenvalue weighted by atomic mass is 9.74. The summed E-state index contributed by atoms with van der Waals surface area (Å²) in [6.45, 7) is 9.10. The molecule has 3 nitrogen and oxygen atoms in total. The largest absolute Gasteiger partial charge is 0.339 e. The SMILES string of the molecule is CCC(c1nccs1)n1c(C)cc2c1CC(C)(C)CC2N. The van der Waals surface area contributed by atoms with E-state index in [4.69, 9.17) is 5.73 Å². The van der Waals surface area contributed by atoms with Gasteiger partial charge in [-0.25, -0.2) is 4.98 Å². The van der Waals surface area contributed by atoms with Gasteiger partial charge in [0, 0.05) is 29.0 Å². The van der Waals surface area contributed by atoms with Gasteiger partial charge in [-0.2, -0.15) is 0 Å². The summed E-state index contributed by atoms with van der Waals surface area (Å²) in [4.78, 5) is 4.56. The van der Waals surface area contributed by atoms with Crippen molar-refractivity contribution in [3.05, 3.63) is 39.6 Å². The number of nitrogens with two attached hydrogens (primary N) is 1. The van der Waals surface area contributed by atoms with Crippen molar-refractivity contribution in [1.82, 2.24) is 9.55 Å². The number of fused-ring (bicyclic) bond motifs is 1. The van der Waals surface area contributed by atoms with Crippen LogP contribution in [-0.4, -0.2) is 9.55 Å². The van der Waals surface area contributed by atoms with Crippen molar-refractivity contribution in [2.24, 2.45) is 11.1 Å². The maximum atomic E-state index is 6.44. The van der Waals surface area contributed by atoms with Gasteiger partial charge in [0.1, 0.15) is 5.01 Å². The zero-order valence-corrected chi connectivity index (χ0v) is 14.2. The van der Waals surface area contributed by atoms with E-state index in [1.165, 1.54) is 22.0 Å². The van der Waals surface area contributed by atoms with Crippen LogP contribution in [0.3, 0.4) is 0 Å². The Kier molecular flexibility index (Phi) is 3.70. The van der Waals surface area contributed by atoms with E-state index in [-0.39, 0.29) is 11.5 Å². The Morgan fingerprint density at radius 1 is 1.52 bits per heavy atom. The highest BCUT2D eigenvalue weighted by atomic mass is 32.1. The number of aromatic nitrogens is 2.